The van der Waals surface area contributed by atoms with E-state index in [1.54, 1.807) is 0 Å². The molecule has 0 saturated carbocycles. The molecule has 0 aromatic rings. The van der Waals surface area contributed by atoms with Gasteiger partial charge >= 0.3 is 51.2 Å². The van der Waals surface area contributed by atoms with Crippen molar-refractivity contribution >= 4 is 41.6 Å². The molecule has 30 heteroatoms. The molecule has 0 bridgehead atoms. The van der Waals surface area contributed by atoms with Gasteiger partial charge in [-0.3, -0.25) is 33.7 Å². The number of rotatable bonds is 0. The summed E-state index contributed by atoms with van der Waals surface area (Å²) < 4.78 is 136. The van der Waals surface area contributed by atoms with E-state index in [2.05, 4.69) is 0 Å². The van der Waals surface area contributed by atoms with E-state index in [0.29, 0.717) is 0 Å². The van der Waals surface area contributed by atoms with Crippen LogP contribution in [0.4, 0.5) is 0 Å². The molecule has 0 spiro atoms. The van der Waals surface area contributed by atoms with Crippen LogP contribution in [0.1, 0.15) is 0 Å². The summed E-state index contributed by atoms with van der Waals surface area (Å²) in [6.07, 6.45) is 0. The fourth-order valence-electron chi connectivity index (χ4n) is 0. The average molecular weight is 674 g/mol. The number of hydrogen-bond acceptors (Lipinski definition) is 20. The molecule has 23 nitrogen and oxygen atoms in total. The fraction of sp³-hybridized carbons (Fsp3) is 0. The number of hydrogen-bond donors (Lipinski definition) is 3. The van der Waals surface area contributed by atoms with Crippen molar-refractivity contribution in [3.05, 3.63) is 0 Å². The van der Waals surface area contributed by atoms with Crippen molar-refractivity contribution in [1.29, 1.82) is 0 Å². The molecular formula is H16Fe3N3O20S4. The average Bonchev–Trinajstić information content (AvgIpc) is 1.62. The molecule has 3 radical (unpaired) electrons. The molecule has 0 unspecified atom stereocenters. The van der Waals surface area contributed by atoms with Gasteiger partial charge < -0.3 is 76.8 Å². The SMILES string of the molecule is O=S(=O)([O-])[O-].O=S(=O)([O-])[O-].O=S(=O)([O-])[O-].O=S(=O)([O-])[O-].[Fe+3].[Fe+3].[Fe+3].[NH4+].[NH4+].[NH4+].[OH-].[OH-].[OH-].[OH-]. The maximum absolute atomic E-state index is 8.52. The van der Waals surface area contributed by atoms with E-state index >= 15 is 0 Å². The second-order valence-electron chi connectivity index (χ2n) is 1.63. The zero-order chi connectivity index (χ0) is 18.0. The first-order chi connectivity index (χ1) is 8.00. The molecular weight excluding hydrogens is 658 g/mol. The van der Waals surface area contributed by atoms with Gasteiger partial charge in [0.05, 0.1) is 0 Å². The topological polar surface area (TPSA) is 551 Å². The third kappa shape index (κ3) is 38500. The van der Waals surface area contributed by atoms with Gasteiger partial charge in [-0.05, 0) is 0 Å². The summed E-state index contributed by atoms with van der Waals surface area (Å²) in [5.41, 5.74) is 0. The molecule has 0 amide bonds. The molecule has 0 aliphatic rings. The van der Waals surface area contributed by atoms with Crippen LogP contribution in [0.5, 0.6) is 0 Å². The van der Waals surface area contributed by atoms with E-state index in [9.17, 15) is 0 Å². The van der Waals surface area contributed by atoms with Crippen LogP contribution in [0.25, 0.3) is 0 Å². The van der Waals surface area contributed by atoms with Gasteiger partial charge in [-0.1, -0.05) is 0 Å². The quantitative estimate of drug-likeness (QED) is 0.123. The predicted octanol–water partition coefficient (Wildman–Crippen LogP) is -4.94. The van der Waals surface area contributed by atoms with Gasteiger partial charge in [0.1, 0.15) is 0 Å². The molecule has 0 aliphatic carbocycles. The number of quaternary nitrogens is 3. The van der Waals surface area contributed by atoms with Gasteiger partial charge in [-0.2, -0.15) is 0 Å². The minimum Gasteiger partial charge on any atom is -0.870 e. The summed E-state index contributed by atoms with van der Waals surface area (Å²) in [6, 6.07) is 0. The minimum absolute atomic E-state index is 0. The Morgan fingerprint density at radius 1 is 0.300 bits per heavy atom. The van der Waals surface area contributed by atoms with Crippen LogP contribution in [0, 0.1) is 0 Å². The van der Waals surface area contributed by atoms with Gasteiger partial charge in [0.25, 0.3) is 0 Å². The zero-order valence-electron chi connectivity index (χ0n) is 14.0. The van der Waals surface area contributed by atoms with Gasteiger partial charge in [-0.25, -0.2) is 0 Å². The summed E-state index contributed by atoms with van der Waals surface area (Å²) in [5, 5.41) is 0. The predicted molar refractivity (Wildman–Crippen MR) is 67.6 cm³/mol. The Kier molecular flexibility index (Phi) is 130. The van der Waals surface area contributed by atoms with Crippen LogP contribution >= 0.6 is 0 Å². The third-order valence-electron chi connectivity index (χ3n) is 0. The maximum Gasteiger partial charge on any atom is 3.00 e. The molecule has 0 saturated heterocycles. The van der Waals surface area contributed by atoms with Crippen molar-refractivity contribution in [3.8, 4) is 0 Å². The molecule has 0 rings (SSSR count). The first-order valence-corrected chi connectivity index (χ1v) is 8.00. The van der Waals surface area contributed by atoms with Crippen LogP contribution < -0.4 is 18.5 Å². The third-order valence-corrected chi connectivity index (χ3v) is 0. The normalized spacial score (nSPS) is 7.73. The molecule has 30 heavy (non-hydrogen) atoms. The Labute approximate surface area is 202 Å². The largest absolute Gasteiger partial charge is 3.00 e. The molecule has 0 heterocycles. The van der Waals surface area contributed by atoms with E-state index in [1.807, 2.05) is 0 Å². The van der Waals surface area contributed by atoms with Gasteiger partial charge in [-0.15, -0.1) is 0 Å². The molecule has 0 aliphatic heterocycles. The Hall–Kier alpha value is 0.758. The van der Waals surface area contributed by atoms with Crippen LogP contribution in [0.3, 0.4) is 0 Å². The summed E-state index contributed by atoms with van der Waals surface area (Å²) in [7, 11) is -20.7. The van der Waals surface area contributed by atoms with Crippen molar-refractivity contribution in [1.82, 2.24) is 18.5 Å². The first kappa shape index (κ1) is 97.0. The van der Waals surface area contributed by atoms with Gasteiger partial charge in [0.15, 0.2) is 0 Å². The fourth-order valence-corrected chi connectivity index (χ4v) is 0. The van der Waals surface area contributed by atoms with Crippen molar-refractivity contribution in [2.75, 3.05) is 0 Å². The standard InChI is InChI=1S/3Fe.3H3N.4H2O4S.4H2O/c;;;;;;4*1-5(2,3)4;;;;/h;;;3*1H3;4*(H2,1,2,3,4);4*1H2/q3*+3;;;;;;;;;;;/p-9. The van der Waals surface area contributed by atoms with E-state index in [-0.39, 0.29) is 91.6 Å². The van der Waals surface area contributed by atoms with E-state index < -0.39 is 41.6 Å². The monoisotopic (exact) mass is 674 g/mol. The smallest absolute Gasteiger partial charge is 0.870 e. The van der Waals surface area contributed by atoms with Crippen molar-refractivity contribution in [3.63, 3.8) is 0 Å². The first-order valence-electron chi connectivity index (χ1n) is 2.67. The molecule has 199 valence electrons. The van der Waals surface area contributed by atoms with Crippen LogP contribution in [-0.4, -0.2) is 92.0 Å². The Morgan fingerprint density at radius 2 is 0.300 bits per heavy atom. The Bertz CT molecular complexity index is 496. The summed E-state index contributed by atoms with van der Waals surface area (Å²) >= 11 is 0. The molecule has 0 atom stereocenters. The van der Waals surface area contributed by atoms with E-state index in [4.69, 9.17) is 70.1 Å². The minimum atomic E-state index is -5.17. The Morgan fingerprint density at radius 3 is 0.300 bits per heavy atom. The summed E-state index contributed by atoms with van der Waals surface area (Å²) in [4.78, 5) is 0. The van der Waals surface area contributed by atoms with Crippen molar-refractivity contribution < 1.29 is 143 Å². The second-order valence-corrected chi connectivity index (χ2v) is 4.90. The molecule has 0 aromatic heterocycles. The van der Waals surface area contributed by atoms with E-state index in [0.717, 1.165) is 0 Å². The second kappa shape index (κ2) is 40.2. The van der Waals surface area contributed by atoms with Crippen molar-refractivity contribution in [2.24, 2.45) is 0 Å². The maximum atomic E-state index is 8.52. The van der Waals surface area contributed by atoms with Crippen LogP contribution in [0.2, 0.25) is 0 Å². The van der Waals surface area contributed by atoms with Gasteiger partial charge in [0.2, 0.25) is 0 Å². The van der Waals surface area contributed by atoms with Gasteiger partial charge in [0, 0.05) is 41.6 Å². The van der Waals surface area contributed by atoms with Crippen LogP contribution in [-0.2, 0) is 92.8 Å². The Balaban J connectivity index is -0.00000000853. The molecule has 0 fully saturated rings. The van der Waals surface area contributed by atoms with E-state index in [1.165, 1.54) is 0 Å². The van der Waals surface area contributed by atoms with Crippen LogP contribution in [0.15, 0.2) is 0 Å². The summed E-state index contributed by atoms with van der Waals surface area (Å²) in [5.74, 6) is 0. The summed E-state index contributed by atoms with van der Waals surface area (Å²) in [6.45, 7) is 0. The molecule has 0 aromatic carbocycles. The zero-order valence-corrected chi connectivity index (χ0v) is 20.6. The molecule has 16 N–H and O–H groups in total. The van der Waals surface area contributed by atoms with Crippen molar-refractivity contribution in [2.45, 2.75) is 0 Å².